The Balaban J connectivity index is 0. The van der Waals surface area contributed by atoms with Crippen LogP contribution in [0.3, 0.4) is 0 Å². The molecule has 0 bridgehead atoms. The lowest BCUT2D eigenvalue weighted by Crippen LogP contribution is -2.37. The van der Waals surface area contributed by atoms with Gasteiger partial charge < -0.3 is 20.4 Å². The maximum atomic E-state index is 8.50. The fourth-order valence-corrected chi connectivity index (χ4v) is 0.300. The monoisotopic (exact) mass is 184 g/mol. The van der Waals surface area contributed by atoms with E-state index in [1.807, 2.05) is 0 Å². The molecule has 0 aliphatic rings. The third-order valence-electron chi connectivity index (χ3n) is 1.34. The minimum atomic E-state index is -1.11. The normalized spacial score (nSPS) is 10.2. The first kappa shape index (κ1) is 13.5. The molecule has 5 nitrogen and oxygen atoms in total. The lowest BCUT2D eigenvalue weighted by atomic mass is 9.93. The molecule has 0 rings (SSSR count). The largest absolute Gasteiger partial charge is 0.396 e. The predicted octanol–water partition coefficient (Wildman–Crippen LogP) is -1.58. The molecule has 68 valence electrons. The second-order valence-electron chi connectivity index (χ2n) is 2.13. The summed E-state index contributed by atoms with van der Waals surface area (Å²) in [7, 11) is 1.72. The molecule has 0 saturated carbocycles. The molecule has 0 atom stereocenters. The molecular formula is C5H13O5P. The molecule has 0 spiro atoms. The average molecular weight is 184 g/mol. The van der Waals surface area contributed by atoms with Crippen molar-refractivity contribution in [2.24, 2.45) is 5.41 Å². The van der Waals surface area contributed by atoms with Gasteiger partial charge in [0.1, 0.15) is 9.12 Å². The Morgan fingerprint density at radius 3 is 1.00 bits per heavy atom. The molecular weight excluding hydrogens is 171 g/mol. The van der Waals surface area contributed by atoms with Gasteiger partial charge in [-0.3, -0.25) is 4.57 Å². The molecule has 0 aliphatic heterocycles. The highest BCUT2D eigenvalue weighted by Crippen LogP contribution is 2.11. The van der Waals surface area contributed by atoms with Gasteiger partial charge in [0.05, 0.1) is 31.8 Å². The Labute approximate surface area is 66.9 Å². The quantitative estimate of drug-likeness (QED) is 0.395. The van der Waals surface area contributed by atoms with Crippen molar-refractivity contribution in [3.05, 3.63) is 0 Å². The molecule has 0 aromatic heterocycles. The van der Waals surface area contributed by atoms with Gasteiger partial charge in [-0.15, -0.1) is 0 Å². The molecule has 0 aromatic rings. The van der Waals surface area contributed by atoms with Crippen LogP contribution in [-0.2, 0) is 4.57 Å². The number of aliphatic hydroxyl groups is 4. The lowest BCUT2D eigenvalue weighted by Gasteiger charge is -2.23. The molecule has 0 aliphatic carbocycles. The van der Waals surface area contributed by atoms with Crippen molar-refractivity contribution in [3.63, 3.8) is 0 Å². The standard InChI is InChI=1S/C5H12O4.HOP/c6-1-5(2-7,3-8)4-9;1-2/h6-9H,1-4H2;2H. The molecule has 6 heteroatoms. The van der Waals surface area contributed by atoms with E-state index in [4.69, 9.17) is 25.0 Å². The zero-order chi connectivity index (χ0) is 9.33. The van der Waals surface area contributed by atoms with E-state index in [0.29, 0.717) is 0 Å². The maximum absolute atomic E-state index is 8.50. The van der Waals surface area contributed by atoms with E-state index in [0.717, 1.165) is 0 Å². The van der Waals surface area contributed by atoms with Crippen LogP contribution in [0.4, 0.5) is 0 Å². The molecule has 4 N–H and O–H groups in total. The van der Waals surface area contributed by atoms with Gasteiger partial charge in [-0.25, -0.2) is 0 Å². The van der Waals surface area contributed by atoms with Gasteiger partial charge in [-0.2, -0.15) is 0 Å². The first-order valence-corrected chi connectivity index (χ1v) is 3.29. The molecule has 0 saturated heterocycles. The van der Waals surface area contributed by atoms with E-state index >= 15 is 0 Å². The summed E-state index contributed by atoms with van der Waals surface area (Å²) in [6.45, 7) is -1.62. The Morgan fingerprint density at radius 1 is 0.818 bits per heavy atom. The third kappa shape index (κ3) is 4.40. The second-order valence-corrected chi connectivity index (χ2v) is 2.13. The van der Waals surface area contributed by atoms with E-state index in [1.165, 1.54) is 0 Å². The molecule has 0 aromatic carbocycles. The summed E-state index contributed by atoms with van der Waals surface area (Å²) in [5.41, 5.74) is -1.11. The number of hydrogen-bond acceptors (Lipinski definition) is 5. The van der Waals surface area contributed by atoms with Crippen molar-refractivity contribution in [1.82, 2.24) is 0 Å². The van der Waals surface area contributed by atoms with Gasteiger partial charge >= 0.3 is 0 Å². The van der Waals surface area contributed by atoms with Crippen LogP contribution in [0.2, 0.25) is 0 Å². The molecule has 0 fully saturated rings. The Morgan fingerprint density at radius 2 is 1.00 bits per heavy atom. The highest BCUT2D eigenvalue weighted by Gasteiger charge is 2.26. The van der Waals surface area contributed by atoms with Gasteiger partial charge in [-0.1, -0.05) is 0 Å². The van der Waals surface area contributed by atoms with E-state index < -0.39 is 31.8 Å². The van der Waals surface area contributed by atoms with Crippen LogP contribution >= 0.6 is 9.12 Å². The molecule has 11 heavy (non-hydrogen) atoms. The van der Waals surface area contributed by atoms with Crippen LogP contribution in [0.5, 0.6) is 0 Å². The maximum Gasteiger partial charge on any atom is 0.138 e. The van der Waals surface area contributed by atoms with Gasteiger partial charge in [-0.05, 0) is 0 Å². The van der Waals surface area contributed by atoms with E-state index in [9.17, 15) is 0 Å². The molecule has 0 amide bonds. The van der Waals surface area contributed by atoms with Gasteiger partial charge in [0.25, 0.3) is 0 Å². The number of aliphatic hydroxyl groups excluding tert-OH is 4. The summed E-state index contributed by atoms with van der Waals surface area (Å²) < 4.78 is 8.06. The van der Waals surface area contributed by atoms with Gasteiger partial charge in [0.2, 0.25) is 0 Å². The summed E-state index contributed by atoms with van der Waals surface area (Å²) in [6.07, 6.45) is 0. The van der Waals surface area contributed by atoms with Crippen LogP contribution in [0.25, 0.3) is 0 Å². The molecule has 0 unspecified atom stereocenters. The Bertz CT molecular complexity index is 67.4. The first-order chi connectivity index (χ1) is 5.24. The van der Waals surface area contributed by atoms with Crippen LogP contribution in [0.1, 0.15) is 0 Å². The van der Waals surface area contributed by atoms with Crippen molar-refractivity contribution in [2.75, 3.05) is 26.4 Å². The van der Waals surface area contributed by atoms with Crippen LogP contribution < -0.4 is 0 Å². The fourth-order valence-electron chi connectivity index (χ4n) is 0.300. The number of hydrogen-bond donors (Lipinski definition) is 4. The zero-order valence-corrected chi connectivity index (χ0v) is 7.03. The minimum Gasteiger partial charge on any atom is -0.396 e. The van der Waals surface area contributed by atoms with Crippen molar-refractivity contribution in [3.8, 4) is 0 Å². The van der Waals surface area contributed by atoms with E-state index in [2.05, 4.69) is 0 Å². The van der Waals surface area contributed by atoms with Gasteiger partial charge in [0.15, 0.2) is 0 Å². The van der Waals surface area contributed by atoms with Crippen molar-refractivity contribution in [1.29, 1.82) is 0 Å². The SMILES string of the molecule is O=P.OCC(CO)(CO)CO. The highest BCUT2D eigenvalue weighted by atomic mass is 31.0. The summed E-state index contributed by atoms with van der Waals surface area (Å²) in [4.78, 5) is 0. The Kier molecular flexibility index (Phi) is 9.89. The van der Waals surface area contributed by atoms with Crippen molar-refractivity contribution in [2.45, 2.75) is 0 Å². The third-order valence-corrected chi connectivity index (χ3v) is 1.34. The summed E-state index contributed by atoms with van der Waals surface area (Å²) in [5, 5.41) is 34.0. The van der Waals surface area contributed by atoms with Gasteiger partial charge in [0, 0.05) is 0 Å². The smallest absolute Gasteiger partial charge is 0.138 e. The second kappa shape index (κ2) is 8.04. The van der Waals surface area contributed by atoms with Crippen molar-refractivity contribution < 1.29 is 25.0 Å². The minimum absolute atomic E-state index is 0.406. The highest BCUT2D eigenvalue weighted by molar-refractivity contribution is 7.00. The van der Waals surface area contributed by atoms with Crippen molar-refractivity contribution >= 4 is 9.12 Å². The van der Waals surface area contributed by atoms with Crippen LogP contribution in [0.15, 0.2) is 0 Å². The average Bonchev–Trinajstić information content (AvgIpc) is 2.13. The Hall–Kier alpha value is -0.0600. The van der Waals surface area contributed by atoms with E-state index in [-0.39, 0.29) is 0 Å². The molecule has 0 radical (unpaired) electrons. The lowest BCUT2D eigenvalue weighted by molar-refractivity contribution is -0.0328. The van der Waals surface area contributed by atoms with E-state index in [1.54, 1.807) is 9.12 Å². The zero-order valence-electron chi connectivity index (χ0n) is 6.03. The first-order valence-electron chi connectivity index (χ1n) is 2.88. The number of rotatable bonds is 4. The topological polar surface area (TPSA) is 98.0 Å². The summed E-state index contributed by atoms with van der Waals surface area (Å²) in [5.74, 6) is 0. The summed E-state index contributed by atoms with van der Waals surface area (Å²) >= 11 is 0. The summed E-state index contributed by atoms with van der Waals surface area (Å²) in [6, 6.07) is 0. The predicted molar refractivity (Wildman–Crippen MR) is 39.8 cm³/mol. The van der Waals surface area contributed by atoms with Crippen LogP contribution in [0, 0.1) is 5.41 Å². The molecule has 0 heterocycles. The fraction of sp³-hybridized carbons (Fsp3) is 1.00. The van der Waals surface area contributed by atoms with Crippen LogP contribution in [-0.4, -0.2) is 46.9 Å².